The molecule has 0 amide bonds. The number of hydrogen-bond acceptors (Lipinski definition) is 7. The van der Waals surface area contributed by atoms with Gasteiger partial charge in [0.1, 0.15) is 17.8 Å². The number of methoxy groups -OCH3 is 1. The van der Waals surface area contributed by atoms with Crippen LogP contribution in [-0.2, 0) is 17.4 Å². The average molecular weight is 496 g/mol. The van der Waals surface area contributed by atoms with E-state index in [4.69, 9.17) is 30.8 Å². The van der Waals surface area contributed by atoms with Crippen LogP contribution in [0.5, 0.6) is 11.6 Å². The second-order valence-corrected chi connectivity index (χ2v) is 9.41. The predicted octanol–water partition coefficient (Wildman–Crippen LogP) is 3.59. The molecule has 1 atom stereocenters. The molecule has 1 N–H and O–H groups in total. The van der Waals surface area contributed by atoms with E-state index in [-0.39, 0.29) is 6.10 Å². The van der Waals surface area contributed by atoms with Crippen LogP contribution in [0.1, 0.15) is 41.4 Å². The second kappa shape index (κ2) is 7.94. The van der Waals surface area contributed by atoms with E-state index in [9.17, 15) is 5.11 Å². The van der Waals surface area contributed by atoms with Gasteiger partial charge >= 0.3 is 0 Å². The van der Waals surface area contributed by atoms with Gasteiger partial charge in [-0.15, -0.1) is 0 Å². The van der Waals surface area contributed by atoms with Gasteiger partial charge in [-0.25, -0.2) is 15.0 Å². The van der Waals surface area contributed by atoms with Crippen LogP contribution in [0.3, 0.4) is 0 Å². The van der Waals surface area contributed by atoms with Crippen molar-refractivity contribution in [2.75, 3.05) is 20.3 Å². The molecule has 0 aliphatic carbocycles. The maximum Gasteiger partial charge on any atom is 0.258 e. The first-order chi connectivity index (χ1) is 16.9. The van der Waals surface area contributed by atoms with Gasteiger partial charge in [0.15, 0.2) is 5.60 Å². The van der Waals surface area contributed by atoms with Crippen LogP contribution in [0.15, 0.2) is 24.5 Å². The number of aromatic nitrogens is 5. The van der Waals surface area contributed by atoms with Crippen molar-refractivity contribution in [1.82, 2.24) is 24.1 Å². The lowest BCUT2D eigenvalue weighted by molar-refractivity contribution is 0.0244. The molecular formula is C25H26ClN5O4. The molecule has 0 spiro atoms. The number of benzene rings is 1. The lowest BCUT2D eigenvalue weighted by atomic mass is 9.88. The third-order valence-electron chi connectivity index (χ3n) is 7.15. The van der Waals surface area contributed by atoms with Crippen LogP contribution in [0.25, 0.3) is 16.6 Å². The standard InChI is InChI=1S/C25H26ClN5O4/c1-13-27-11-18(30(13)3)25(32)16-5-6-17-20(22(16)31-14(2)28-12-19(25)31)21(26)23(24(29-17)33-4)35-15-7-9-34-10-8-15/h5-6,11-12,15,32H,7-10H2,1-4H3. The molecule has 2 aliphatic rings. The monoisotopic (exact) mass is 495 g/mol. The highest BCUT2D eigenvalue weighted by atomic mass is 35.5. The van der Waals surface area contributed by atoms with E-state index in [0.717, 1.165) is 30.2 Å². The molecule has 4 aromatic rings. The van der Waals surface area contributed by atoms with Gasteiger partial charge in [0.25, 0.3) is 5.88 Å². The smallest absolute Gasteiger partial charge is 0.258 e. The Bertz CT molecular complexity index is 1470. The minimum Gasteiger partial charge on any atom is -0.483 e. The Balaban J connectivity index is 1.64. The van der Waals surface area contributed by atoms with Crippen molar-refractivity contribution in [2.45, 2.75) is 38.4 Å². The molecule has 1 aromatic carbocycles. The quantitative estimate of drug-likeness (QED) is 0.462. The number of aliphatic hydroxyl groups is 1. The van der Waals surface area contributed by atoms with Crippen molar-refractivity contribution >= 4 is 22.5 Å². The molecule has 1 unspecified atom stereocenters. The molecule has 0 radical (unpaired) electrons. The van der Waals surface area contributed by atoms with Crippen molar-refractivity contribution in [3.63, 3.8) is 0 Å². The van der Waals surface area contributed by atoms with Crippen molar-refractivity contribution in [3.8, 4) is 17.3 Å². The van der Waals surface area contributed by atoms with Gasteiger partial charge in [-0.2, -0.15) is 0 Å². The topological polar surface area (TPSA) is 96.4 Å². The first-order valence-corrected chi connectivity index (χ1v) is 12.0. The zero-order chi connectivity index (χ0) is 24.5. The first kappa shape index (κ1) is 22.3. The van der Waals surface area contributed by atoms with Crippen molar-refractivity contribution in [1.29, 1.82) is 0 Å². The minimum absolute atomic E-state index is 0.0500. The average Bonchev–Trinajstić information content (AvgIpc) is 3.49. The number of pyridine rings is 1. The molecule has 0 bridgehead atoms. The Morgan fingerprint density at radius 3 is 2.51 bits per heavy atom. The van der Waals surface area contributed by atoms with Crippen molar-refractivity contribution in [3.05, 3.63) is 58.1 Å². The van der Waals surface area contributed by atoms with E-state index in [1.54, 1.807) is 19.5 Å². The number of fused-ring (bicyclic) bond motifs is 5. The molecule has 1 saturated heterocycles. The largest absolute Gasteiger partial charge is 0.483 e. The number of imidazole rings is 2. The SMILES string of the molecule is COc1nc2ccc3c(c2c(Cl)c1OC1CCOCC1)-n1c(cnc1C)C3(O)c1cnc(C)n1C. The number of rotatable bonds is 4. The van der Waals surface area contributed by atoms with E-state index in [2.05, 4.69) is 9.97 Å². The Kier molecular flexibility index (Phi) is 5.07. The molecule has 6 rings (SSSR count). The zero-order valence-electron chi connectivity index (χ0n) is 20.0. The summed E-state index contributed by atoms with van der Waals surface area (Å²) in [6.45, 7) is 5.07. The third-order valence-corrected chi connectivity index (χ3v) is 7.51. The fraction of sp³-hybridized carbons (Fsp3) is 0.400. The summed E-state index contributed by atoms with van der Waals surface area (Å²) in [5.74, 6) is 2.24. The lowest BCUT2D eigenvalue weighted by Gasteiger charge is -2.26. The number of nitrogens with zero attached hydrogens (tertiary/aromatic N) is 5. The van der Waals surface area contributed by atoms with Gasteiger partial charge < -0.3 is 23.9 Å². The number of aryl methyl sites for hydroxylation is 2. The van der Waals surface area contributed by atoms with Crippen LogP contribution in [-0.4, -0.2) is 55.6 Å². The minimum atomic E-state index is -1.47. The zero-order valence-corrected chi connectivity index (χ0v) is 20.8. The molecule has 182 valence electrons. The van der Waals surface area contributed by atoms with Crippen LogP contribution < -0.4 is 9.47 Å². The van der Waals surface area contributed by atoms with Crippen molar-refractivity contribution in [2.24, 2.45) is 7.05 Å². The lowest BCUT2D eigenvalue weighted by Crippen LogP contribution is -2.29. The second-order valence-electron chi connectivity index (χ2n) is 9.04. The molecule has 3 aromatic heterocycles. The van der Waals surface area contributed by atoms with E-state index in [1.165, 1.54) is 0 Å². The Morgan fingerprint density at radius 2 is 1.83 bits per heavy atom. The summed E-state index contributed by atoms with van der Waals surface area (Å²) in [5, 5.41) is 13.4. The molecule has 10 heteroatoms. The van der Waals surface area contributed by atoms with E-state index in [0.29, 0.717) is 57.7 Å². The van der Waals surface area contributed by atoms with Gasteiger partial charge in [0.2, 0.25) is 5.75 Å². The maximum absolute atomic E-state index is 12.3. The Labute approximate surface area is 207 Å². The summed E-state index contributed by atoms with van der Waals surface area (Å²) in [4.78, 5) is 13.7. The van der Waals surface area contributed by atoms with E-state index >= 15 is 0 Å². The Morgan fingerprint density at radius 1 is 1.11 bits per heavy atom. The molecule has 5 heterocycles. The van der Waals surface area contributed by atoms with Gasteiger partial charge in [-0.1, -0.05) is 17.7 Å². The normalized spacial score (nSPS) is 19.7. The van der Waals surface area contributed by atoms with Crippen LogP contribution in [0.2, 0.25) is 5.02 Å². The predicted molar refractivity (Wildman–Crippen MR) is 130 cm³/mol. The number of hydrogen-bond donors (Lipinski definition) is 1. The summed E-state index contributed by atoms with van der Waals surface area (Å²) in [5.41, 5.74) is 1.84. The van der Waals surface area contributed by atoms with Crippen LogP contribution in [0.4, 0.5) is 0 Å². The molecule has 2 aliphatic heterocycles. The summed E-state index contributed by atoms with van der Waals surface area (Å²) >= 11 is 7.08. The highest BCUT2D eigenvalue weighted by molar-refractivity contribution is 6.38. The molecular weight excluding hydrogens is 470 g/mol. The summed E-state index contributed by atoms with van der Waals surface area (Å²) in [7, 11) is 3.44. The summed E-state index contributed by atoms with van der Waals surface area (Å²) in [6.07, 6.45) is 4.87. The first-order valence-electron chi connectivity index (χ1n) is 11.6. The van der Waals surface area contributed by atoms with Crippen LogP contribution in [0, 0.1) is 13.8 Å². The molecule has 9 nitrogen and oxygen atoms in total. The van der Waals surface area contributed by atoms with E-state index in [1.807, 2.05) is 42.2 Å². The fourth-order valence-electron chi connectivity index (χ4n) is 5.21. The van der Waals surface area contributed by atoms with Gasteiger partial charge in [0.05, 0.1) is 60.3 Å². The molecule has 0 saturated carbocycles. The number of halogens is 1. The van der Waals surface area contributed by atoms with Crippen LogP contribution >= 0.6 is 11.6 Å². The highest BCUT2D eigenvalue weighted by Gasteiger charge is 2.48. The Hall–Kier alpha value is -3.14. The van der Waals surface area contributed by atoms with Gasteiger partial charge in [-0.05, 0) is 19.9 Å². The maximum atomic E-state index is 12.3. The highest BCUT2D eigenvalue weighted by Crippen LogP contribution is 2.51. The molecule has 1 fully saturated rings. The van der Waals surface area contributed by atoms with Gasteiger partial charge in [-0.3, -0.25) is 4.57 Å². The third kappa shape index (κ3) is 3.05. The summed E-state index contributed by atoms with van der Waals surface area (Å²) < 4.78 is 21.2. The number of ether oxygens (including phenoxy) is 3. The van der Waals surface area contributed by atoms with Crippen molar-refractivity contribution < 1.29 is 19.3 Å². The summed E-state index contributed by atoms with van der Waals surface area (Å²) in [6, 6.07) is 3.73. The fourth-order valence-corrected chi connectivity index (χ4v) is 5.52. The van der Waals surface area contributed by atoms with E-state index < -0.39 is 5.60 Å². The molecule has 35 heavy (non-hydrogen) atoms. The van der Waals surface area contributed by atoms with Gasteiger partial charge in [0, 0.05) is 30.8 Å².